The van der Waals surface area contributed by atoms with E-state index in [0.29, 0.717) is 47.3 Å². The SMILES string of the molecule is CCc1nc(NCc2ccccc2)nc(-c2occ3c(C(N)=O)cccc23)n1. The Morgan fingerprint density at radius 1 is 1.04 bits per heavy atom. The van der Waals surface area contributed by atoms with Gasteiger partial charge in [-0.1, -0.05) is 49.4 Å². The van der Waals surface area contributed by atoms with Gasteiger partial charge in [0.25, 0.3) is 0 Å². The molecule has 0 spiro atoms. The van der Waals surface area contributed by atoms with Crippen LogP contribution in [0.25, 0.3) is 22.4 Å². The van der Waals surface area contributed by atoms with E-state index in [0.717, 1.165) is 10.9 Å². The molecule has 140 valence electrons. The van der Waals surface area contributed by atoms with Gasteiger partial charge in [-0.25, -0.2) is 4.98 Å². The summed E-state index contributed by atoms with van der Waals surface area (Å²) in [4.78, 5) is 25.1. The summed E-state index contributed by atoms with van der Waals surface area (Å²) in [6, 6.07) is 15.3. The number of nitrogens with one attached hydrogen (secondary N) is 1. The van der Waals surface area contributed by atoms with Gasteiger partial charge >= 0.3 is 0 Å². The highest BCUT2D eigenvalue weighted by Gasteiger charge is 2.17. The first-order chi connectivity index (χ1) is 13.7. The van der Waals surface area contributed by atoms with Gasteiger partial charge in [-0.05, 0) is 11.6 Å². The van der Waals surface area contributed by atoms with Crippen LogP contribution in [0.3, 0.4) is 0 Å². The number of fused-ring (bicyclic) bond motifs is 1. The lowest BCUT2D eigenvalue weighted by Gasteiger charge is -2.08. The predicted molar refractivity (Wildman–Crippen MR) is 107 cm³/mol. The van der Waals surface area contributed by atoms with Gasteiger partial charge in [0.2, 0.25) is 17.7 Å². The Kier molecular flexibility index (Phi) is 4.72. The largest absolute Gasteiger partial charge is 0.460 e. The lowest BCUT2D eigenvalue weighted by molar-refractivity contribution is 0.100. The third-order valence-electron chi connectivity index (χ3n) is 4.41. The number of hydrogen-bond donors (Lipinski definition) is 2. The minimum absolute atomic E-state index is 0.402. The molecule has 0 fully saturated rings. The maximum Gasteiger partial charge on any atom is 0.249 e. The number of hydrogen-bond acceptors (Lipinski definition) is 6. The lowest BCUT2D eigenvalue weighted by atomic mass is 10.1. The van der Waals surface area contributed by atoms with Gasteiger partial charge in [-0.15, -0.1) is 0 Å². The molecular formula is C21H19N5O2. The summed E-state index contributed by atoms with van der Waals surface area (Å²) >= 11 is 0. The molecule has 7 heteroatoms. The summed E-state index contributed by atoms with van der Waals surface area (Å²) in [7, 11) is 0. The van der Waals surface area contributed by atoms with Crippen molar-refractivity contribution in [1.82, 2.24) is 15.0 Å². The first kappa shape index (κ1) is 17.7. The van der Waals surface area contributed by atoms with Crippen LogP contribution in [0.5, 0.6) is 0 Å². The van der Waals surface area contributed by atoms with Gasteiger partial charge in [0.1, 0.15) is 12.1 Å². The van der Waals surface area contributed by atoms with E-state index in [2.05, 4.69) is 20.3 Å². The first-order valence-electron chi connectivity index (χ1n) is 8.99. The molecule has 2 aromatic heterocycles. The van der Waals surface area contributed by atoms with Crippen molar-refractivity contribution in [3.63, 3.8) is 0 Å². The van der Waals surface area contributed by atoms with Crippen LogP contribution >= 0.6 is 0 Å². The Labute approximate surface area is 161 Å². The summed E-state index contributed by atoms with van der Waals surface area (Å²) < 4.78 is 5.72. The normalized spacial score (nSPS) is 10.9. The molecule has 0 aliphatic heterocycles. The second-order valence-corrected chi connectivity index (χ2v) is 6.29. The third kappa shape index (κ3) is 3.42. The van der Waals surface area contributed by atoms with E-state index in [1.54, 1.807) is 12.1 Å². The molecule has 4 aromatic rings. The van der Waals surface area contributed by atoms with Crippen LogP contribution in [-0.4, -0.2) is 20.9 Å². The van der Waals surface area contributed by atoms with Crippen molar-refractivity contribution in [2.45, 2.75) is 19.9 Å². The number of anilines is 1. The van der Waals surface area contributed by atoms with E-state index in [-0.39, 0.29) is 0 Å². The Morgan fingerprint density at radius 3 is 2.61 bits per heavy atom. The highest BCUT2D eigenvalue weighted by molar-refractivity contribution is 6.08. The average Bonchev–Trinajstić information content (AvgIpc) is 3.17. The highest BCUT2D eigenvalue weighted by Crippen LogP contribution is 2.31. The summed E-state index contributed by atoms with van der Waals surface area (Å²) in [5.74, 6) is 1.52. The highest BCUT2D eigenvalue weighted by atomic mass is 16.3. The first-order valence-corrected chi connectivity index (χ1v) is 8.99. The van der Waals surface area contributed by atoms with Crippen LogP contribution in [-0.2, 0) is 13.0 Å². The number of carbonyl (C=O) groups is 1. The van der Waals surface area contributed by atoms with Gasteiger partial charge < -0.3 is 15.5 Å². The number of carbonyl (C=O) groups excluding carboxylic acids is 1. The van der Waals surface area contributed by atoms with E-state index >= 15 is 0 Å². The topological polar surface area (TPSA) is 107 Å². The zero-order chi connectivity index (χ0) is 19.5. The number of aryl methyl sites for hydroxylation is 1. The maximum atomic E-state index is 11.7. The van der Waals surface area contributed by atoms with E-state index in [1.165, 1.54) is 6.26 Å². The van der Waals surface area contributed by atoms with Crippen molar-refractivity contribution in [2.24, 2.45) is 5.73 Å². The van der Waals surface area contributed by atoms with Crippen molar-refractivity contribution < 1.29 is 9.21 Å². The molecule has 0 radical (unpaired) electrons. The molecule has 0 bridgehead atoms. The smallest absolute Gasteiger partial charge is 0.249 e. The van der Waals surface area contributed by atoms with Crippen LogP contribution in [0.15, 0.2) is 59.2 Å². The fourth-order valence-corrected chi connectivity index (χ4v) is 3.00. The van der Waals surface area contributed by atoms with Crippen LogP contribution < -0.4 is 11.1 Å². The Hall–Kier alpha value is -3.74. The van der Waals surface area contributed by atoms with Gasteiger partial charge in [0, 0.05) is 23.7 Å². The monoisotopic (exact) mass is 373 g/mol. The summed E-state index contributed by atoms with van der Waals surface area (Å²) in [5.41, 5.74) is 6.99. The van der Waals surface area contributed by atoms with Crippen molar-refractivity contribution in [3.05, 3.63) is 71.7 Å². The summed E-state index contributed by atoms with van der Waals surface area (Å²) in [6.45, 7) is 2.57. The minimum Gasteiger partial charge on any atom is -0.460 e. The number of amides is 1. The molecule has 0 aliphatic rings. The van der Waals surface area contributed by atoms with Gasteiger partial charge in [-0.2, -0.15) is 9.97 Å². The second kappa shape index (κ2) is 7.48. The molecule has 0 saturated carbocycles. The standard InChI is InChI=1S/C21H19N5O2/c1-2-17-24-20(26-21(25-17)23-11-13-7-4-3-5-8-13)18-14-9-6-10-15(19(22)27)16(14)12-28-18/h3-10,12H,2,11H2,1H3,(H2,22,27)(H,23,24,25,26). The van der Waals surface area contributed by atoms with Gasteiger partial charge in [0.05, 0.1) is 5.56 Å². The molecule has 0 unspecified atom stereocenters. The number of primary amides is 1. The molecule has 4 rings (SSSR count). The average molecular weight is 373 g/mol. The number of nitrogens with zero attached hydrogens (tertiary/aromatic N) is 3. The lowest BCUT2D eigenvalue weighted by Crippen LogP contribution is -2.10. The molecule has 0 aliphatic carbocycles. The molecule has 0 atom stereocenters. The van der Waals surface area contributed by atoms with Crippen LogP contribution in [0, 0.1) is 0 Å². The minimum atomic E-state index is -0.506. The zero-order valence-electron chi connectivity index (χ0n) is 15.3. The van der Waals surface area contributed by atoms with Crippen LogP contribution in [0.4, 0.5) is 5.95 Å². The van der Waals surface area contributed by atoms with Crippen molar-refractivity contribution in [1.29, 1.82) is 0 Å². The molecule has 2 aromatic carbocycles. The number of rotatable bonds is 6. The van der Waals surface area contributed by atoms with Crippen molar-refractivity contribution >= 4 is 22.6 Å². The third-order valence-corrected chi connectivity index (χ3v) is 4.41. The summed E-state index contributed by atoms with van der Waals surface area (Å²) in [6.07, 6.45) is 2.16. The fourth-order valence-electron chi connectivity index (χ4n) is 3.00. The Morgan fingerprint density at radius 2 is 1.86 bits per heavy atom. The van der Waals surface area contributed by atoms with Gasteiger partial charge in [0.15, 0.2) is 5.76 Å². The second-order valence-electron chi connectivity index (χ2n) is 6.29. The van der Waals surface area contributed by atoms with Crippen molar-refractivity contribution in [2.75, 3.05) is 5.32 Å². The molecular weight excluding hydrogens is 354 g/mol. The van der Waals surface area contributed by atoms with E-state index in [4.69, 9.17) is 10.2 Å². The van der Waals surface area contributed by atoms with Crippen molar-refractivity contribution in [3.8, 4) is 11.6 Å². The van der Waals surface area contributed by atoms with Gasteiger partial charge in [-0.3, -0.25) is 4.79 Å². The molecule has 7 nitrogen and oxygen atoms in total. The fraction of sp³-hybridized carbons (Fsp3) is 0.143. The molecule has 3 N–H and O–H groups in total. The van der Waals surface area contributed by atoms with E-state index in [1.807, 2.05) is 43.3 Å². The summed E-state index contributed by atoms with van der Waals surface area (Å²) in [5, 5.41) is 4.61. The molecule has 1 amide bonds. The quantitative estimate of drug-likeness (QED) is 0.535. The van der Waals surface area contributed by atoms with E-state index in [9.17, 15) is 4.79 Å². The van der Waals surface area contributed by atoms with E-state index < -0.39 is 5.91 Å². The number of furan rings is 1. The zero-order valence-corrected chi connectivity index (χ0v) is 15.3. The number of benzene rings is 2. The molecule has 0 saturated heterocycles. The van der Waals surface area contributed by atoms with Crippen LogP contribution in [0.2, 0.25) is 0 Å². The predicted octanol–water partition coefficient (Wildman–Crippen LogP) is 3.56. The Balaban J connectivity index is 1.73. The Bertz CT molecular complexity index is 1140. The number of aromatic nitrogens is 3. The molecule has 28 heavy (non-hydrogen) atoms. The number of nitrogens with two attached hydrogens (primary N) is 1. The van der Waals surface area contributed by atoms with Crippen LogP contribution in [0.1, 0.15) is 28.7 Å². The maximum absolute atomic E-state index is 11.7. The molecule has 2 heterocycles.